The number of hydrogen-bond donors (Lipinski definition) is 2. The van der Waals surface area contributed by atoms with Crippen LogP contribution in [0.15, 0.2) is 0 Å². The van der Waals surface area contributed by atoms with Gasteiger partial charge in [0, 0.05) is 11.0 Å². The average molecular weight is 228 g/mol. The number of carbonyl (C=O) groups excluding carboxylic acids is 1. The van der Waals surface area contributed by atoms with Gasteiger partial charge in [0.1, 0.15) is 0 Å². The van der Waals surface area contributed by atoms with Gasteiger partial charge in [0.2, 0.25) is 0 Å². The second-order valence-corrected chi connectivity index (χ2v) is 6.07. The Morgan fingerprint density at radius 2 is 2.33 bits per heavy atom. The van der Waals surface area contributed by atoms with Crippen LogP contribution in [0.25, 0.3) is 0 Å². The van der Waals surface area contributed by atoms with Gasteiger partial charge in [-0.25, -0.2) is 4.79 Å². The van der Waals surface area contributed by atoms with Crippen molar-refractivity contribution in [1.82, 2.24) is 10.6 Å². The summed E-state index contributed by atoms with van der Waals surface area (Å²) >= 11 is 2.01. The molecule has 2 aliphatic rings. The largest absolute Gasteiger partial charge is 0.332 e. The summed E-state index contributed by atoms with van der Waals surface area (Å²) in [6.45, 7) is 4.38. The molecule has 0 aromatic rings. The van der Waals surface area contributed by atoms with Crippen LogP contribution in [0.5, 0.6) is 0 Å². The summed E-state index contributed by atoms with van der Waals surface area (Å²) in [7, 11) is 0. The van der Waals surface area contributed by atoms with Crippen molar-refractivity contribution in [2.75, 3.05) is 5.75 Å². The summed E-state index contributed by atoms with van der Waals surface area (Å²) in [6.07, 6.45) is 5.10. The number of thioether (sulfide) groups is 1. The third-order valence-electron chi connectivity index (χ3n) is 3.43. The van der Waals surface area contributed by atoms with E-state index in [0.29, 0.717) is 11.3 Å². The summed E-state index contributed by atoms with van der Waals surface area (Å²) in [5, 5.41) is 6.72. The van der Waals surface area contributed by atoms with Crippen molar-refractivity contribution >= 4 is 17.8 Å². The molecule has 0 radical (unpaired) electrons. The quantitative estimate of drug-likeness (QED) is 0.571. The van der Waals surface area contributed by atoms with E-state index in [4.69, 9.17) is 0 Å². The number of unbranched alkanes of at least 4 members (excludes halogenated alkanes) is 2. The molecule has 2 aliphatic heterocycles. The minimum Gasteiger partial charge on any atom is -0.332 e. The molecular formula is C11H20N2OS. The number of amides is 2. The van der Waals surface area contributed by atoms with E-state index in [0.717, 1.165) is 5.75 Å². The van der Waals surface area contributed by atoms with E-state index < -0.39 is 0 Å². The Balaban J connectivity index is 1.90. The van der Waals surface area contributed by atoms with Crippen LogP contribution in [0.2, 0.25) is 0 Å². The van der Waals surface area contributed by atoms with Gasteiger partial charge in [-0.05, 0) is 13.3 Å². The van der Waals surface area contributed by atoms with Gasteiger partial charge in [-0.2, -0.15) is 11.8 Å². The highest BCUT2D eigenvalue weighted by atomic mass is 32.2. The van der Waals surface area contributed by atoms with E-state index in [9.17, 15) is 4.79 Å². The summed E-state index contributed by atoms with van der Waals surface area (Å²) in [4.78, 5) is 11.3. The van der Waals surface area contributed by atoms with Crippen molar-refractivity contribution in [3.05, 3.63) is 0 Å². The van der Waals surface area contributed by atoms with E-state index >= 15 is 0 Å². The first kappa shape index (κ1) is 11.1. The maximum atomic E-state index is 11.3. The van der Waals surface area contributed by atoms with Gasteiger partial charge in [-0.1, -0.05) is 26.2 Å². The highest BCUT2D eigenvalue weighted by Crippen LogP contribution is 2.39. The van der Waals surface area contributed by atoms with Crippen molar-refractivity contribution in [3.63, 3.8) is 0 Å². The van der Waals surface area contributed by atoms with Gasteiger partial charge in [-0.15, -0.1) is 0 Å². The summed E-state index contributed by atoms with van der Waals surface area (Å²) < 4.78 is 0. The number of hydrogen-bond acceptors (Lipinski definition) is 2. The minimum atomic E-state index is -0.00136. The van der Waals surface area contributed by atoms with E-state index in [1.54, 1.807) is 0 Å². The summed E-state index contributed by atoms with van der Waals surface area (Å²) in [5.74, 6) is 1.05. The predicted molar refractivity (Wildman–Crippen MR) is 64.2 cm³/mol. The molecule has 2 saturated heterocycles. The lowest BCUT2D eigenvalue weighted by molar-refractivity contribution is 0.246. The zero-order chi connectivity index (χ0) is 10.9. The Morgan fingerprint density at radius 3 is 3.07 bits per heavy atom. The number of carbonyl (C=O) groups is 1. The maximum Gasteiger partial charge on any atom is 0.315 e. The third-order valence-corrected chi connectivity index (χ3v) is 5.14. The third kappa shape index (κ3) is 2.10. The van der Waals surface area contributed by atoms with Crippen LogP contribution in [0.4, 0.5) is 4.79 Å². The molecule has 4 heteroatoms. The van der Waals surface area contributed by atoms with Crippen molar-refractivity contribution in [3.8, 4) is 0 Å². The molecule has 0 spiro atoms. The molecule has 2 fully saturated rings. The first-order valence-electron chi connectivity index (χ1n) is 5.86. The van der Waals surface area contributed by atoms with Crippen LogP contribution >= 0.6 is 11.8 Å². The number of rotatable bonds is 4. The Morgan fingerprint density at radius 1 is 1.53 bits per heavy atom. The lowest BCUT2D eigenvalue weighted by Crippen LogP contribution is -2.47. The maximum absolute atomic E-state index is 11.3. The molecule has 0 aromatic heterocycles. The zero-order valence-corrected chi connectivity index (χ0v) is 10.3. The molecule has 0 aromatic carbocycles. The van der Waals surface area contributed by atoms with Crippen LogP contribution in [0.3, 0.4) is 0 Å². The van der Waals surface area contributed by atoms with E-state index in [1.807, 2.05) is 11.8 Å². The fourth-order valence-corrected chi connectivity index (χ4v) is 4.23. The lowest BCUT2D eigenvalue weighted by atomic mass is 9.92. The van der Waals surface area contributed by atoms with Gasteiger partial charge < -0.3 is 10.6 Å². The molecule has 2 N–H and O–H groups in total. The first-order chi connectivity index (χ1) is 7.15. The van der Waals surface area contributed by atoms with Crippen molar-refractivity contribution < 1.29 is 4.79 Å². The molecule has 0 saturated carbocycles. The Bertz CT molecular complexity index is 259. The molecular weight excluding hydrogens is 208 g/mol. The highest BCUT2D eigenvalue weighted by molar-refractivity contribution is 8.00. The summed E-state index contributed by atoms with van der Waals surface area (Å²) in [5.41, 5.74) is -0.00136. The Labute approximate surface area is 95.8 Å². The second-order valence-electron chi connectivity index (χ2n) is 4.84. The van der Waals surface area contributed by atoms with E-state index in [1.165, 1.54) is 25.7 Å². The van der Waals surface area contributed by atoms with Gasteiger partial charge in [0.15, 0.2) is 0 Å². The molecule has 3 nitrogen and oxygen atoms in total. The molecule has 2 heterocycles. The first-order valence-corrected chi connectivity index (χ1v) is 6.91. The molecule has 0 unspecified atom stereocenters. The predicted octanol–water partition coefficient (Wildman–Crippen LogP) is 2.12. The second kappa shape index (κ2) is 4.24. The van der Waals surface area contributed by atoms with Crippen LogP contribution in [0.1, 0.15) is 39.5 Å². The fourth-order valence-electron chi connectivity index (χ4n) is 2.52. The minimum absolute atomic E-state index is 0.00136. The van der Waals surface area contributed by atoms with Crippen LogP contribution in [-0.2, 0) is 0 Å². The fraction of sp³-hybridized carbons (Fsp3) is 0.909. The van der Waals surface area contributed by atoms with Crippen LogP contribution in [0, 0.1) is 0 Å². The molecule has 15 heavy (non-hydrogen) atoms. The molecule has 0 bridgehead atoms. The normalized spacial score (nSPS) is 38.7. The van der Waals surface area contributed by atoms with E-state index in [-0.39, 0.29) is 11.6 Å². The Kier molecular flexibility index (Phi) is 3.14. The molecule has 3 atom stereocenters. The van der Waals surface area contributed by atoms with E-state index in [2.05, 4.69) is 24.5 Å². The number of nitrogens with one attached hydrogen (secondary N) is 2. The zero-order valence-electron chi connectivity index (χ0n) is 9.51. The smallest absolute Gasteiger partial charge is 0.315 e. The SMILES string of the molecule is CCCCC[C@@H]1SC[C@]2(C)NC(=O)N[C@H]12. The van der Waals surface area contributed by atoms with Gasteiger partial charge >= 0.3 is 6.03 Å². The average Bonchev–Trinajstić information content (AvgIpc) is 2.61. The monoisotopic (exact) mass is 228 g/mol. The van der Waals surface area contributed by atoms with Gasteiger partial charge in [0.25, 0.3) is 0 Å². The molecule has 0 aliphatic carbocycles. The van der Waals surface area contributed by atoms with Crippen molar-refractivity contribution in [2.24, 2.45) is 0 Å². The van der Waals surface area contributed by atoms with Crippen LogP contribution < -0.4 is 10.6 Å². The molecule has 86 valence electrons. The molecule has 2 rings (SSSR count). The lowest BCUT2D eigenvalue weighted by Gasteiger charge is -2.23. The van der Waals surface area contributed by atoms with Crippen molar-refractivity contribution in [2.45, 2.75) is 56.4 Å². The highest BCUT2D eigenvalue weighted by Gasteiger charge is 2.51. The standard InChI is InChI=1S/C11H20N2OS/c1-3-4-5-6-8-9-11(2,7-15-8)13-10(14)12-9/h8-9H,3-7H2,1-2H3,(H2,12,13,14)/t8-,9+,11-/m0/s1. The van der Waals surface area contributed by atoms with Gasteiger partial charge in [0.05, 0.1) is 11.6 Å². The van der Waals surface area contributed by atoms with Crippen LogP contribution in [-0.4, -0.2) is 28.6 Å². The topological polar surface area (TPSA) is 41.1 Å². The number of fused-ring (bicyclic) bond motifs is 1. The summed E-state index contributed by atoms with van der Waals surface area (Å²) in [6, 6.07) is 0.357. The Hall–Kier alpha value is -0.380. The van der Waals surface area contributed by atoms with Crippen molar-refractivity contribution in [1.29, 1.82) is 0 Å². The molecule has 2 amide bonds. The van der Waals surface area contributed by atoms with Gasteiger partial charge in [-0.3, -0.25) is 0 Å². The number of urea groups is 1.